The Hall–Kier alpha value is -0.250. The first-order chi connectivity index (χ1) is 8.83. The van der Waals surface area contributed by atoms with Crippen molar-refractivity contribution >= 4 is 37.2 Å². The van der Waals surface area contributed by atoms with Crippen LogP contribution in [0.3, 0.4) is 0 Å². The van der Waals surface area contributed by atoms with Gasteiger partial charge in [-0.1, -0.05) is 0 Å². The Labute approximate surface area is 135 Å². The van der Waals surface area contributed by atoms with Gasteiger partial charge >= 0.3 is 13.3 Å². The molecule has 11 heteroatoms. The number of hydrogen-bond donors (Lipinski definition) is 3. The van der Waals surface area contributed by atoms with Crippen LogP contribution in [-0.2, 0) is 20.6 Å². The summed E-state index contributed by atoms with van der Waals surface area (Å²) in [5, 5.41) is 0. The van der Waals surface area contributed by atoms with Gasteiger partial charge in [0.2, 0.25) is 0 Å². The molecule has 107 valence electrons. The quantitative estimate of drug-likeness (QED) is 0.436. The first-order valence-electron chi connectivity index (χ1n) is 5.45. The van der Waals surface area contributed by atoms with Crippen LogP contribution in [0.4, 0.5) is 0 Å². The number of nitrogens with one attached hydrogen (secondary N) is 1. The zero-order valence-corrected chi connectivity index (χ0v) is 13.7. The van der Waals surface area contributed by atoms with E-state index in [4.69, 9.17) is 19.3 Å². The number of aromatic nitrogens is 2. The average molecular weight is 315 g/mol. The van der Waals surface area contributed by atoms with E-state index in [0.717, 1.165) is 0 Å². The number of hydrogen-bond acceptors (Lipinski definition) is 5. The van der Waals surface area contributed by atoms with Crippen LogP contribution in [0, 0.1) is 0 Å². The molecule has 2 rings (SSSR count). The van der Waals surface area contributed by atoms with Crippen LogP contribution in [0.1, 0.15) is 0 Å². The average Bonchev–Trinajstić information content (AvgIpc) is 2.67. The summed E-state index contributed by atoms with van der Waals surface area (Å²) in [7, 11) is -4.21. The molecule has 1 aliphatic heterocycles. The number of aromatic amines is 1. The molecule has 1 aromatic rings. The summed E-state index contributed by atoms with van der Waals surface area (Å²) in [6.45, 7) is 0.253. The van der Waals surface area contributed by atoms with Crippen molar-refractivity contribution in [1.29, 1.82) is 0 Å². The van der Waals surface area contributed by atoms with E-state index in [9.17, 15) is 14.2 Å². The van der Waals surface area contributed by atoms with E-state index in [-0.39, 0.29) is 42.7 Å². The Morgan fingerprint density at radius 1 is 1.45 bits per heavy atom. The van der Waals surface area contributed by atoms with Gasteiger partial charge in [0, 0.05) is 41.8 Å². The van der Waals surface area contributed by atoms with Crippen LogP contribution in [0.2, 0.25) is 0 Å². The molecule has 0 bridgehead atoms. The molecule has 3 N–H and O–H groups in total. The molecule has 1 saturated heterocycles. The van der Waals surface area contributed by atoms with Gasteiger partial charge in [0.15, 0.2) is 6.29 Å². The zero-order chi connectivity index (χ0) is 14.0. The summed E-state index contributed by atoms with van der Waals surface area (Å²) in [5.74, 6) is 0. The first-order valence-corrected chi connectivity index (χ1v) is 7.25. The van der Waals surface area contributed by atoms with Gasteiger partial charge in [0.1, 0.15) is 12.3 Å². The third kappa shape index (κ3) is 5.27. The van der Waals surface area contributed by atoms with Gasteiger partial charge in [0.05, 0.1) is 13.2 Å². The van der Waals surface area contributed by atoms with Crippen molar-refractivity contribution in [3.63, 3.8) is 0 Å². The maximum absolute atomic E-state index is 11.4. The smallest absolute Gasteiger partial charge is 0.330 e. The molecule has 1 aromatic heterocycles. The van der Waals surface area contributed by atoms with E-state index in [1.54, 1.807) is 0 Å². The van der Waals surface area contributed by atoms with Crippen LogP contribution in [0.15, 0.2) is 21.9 Å². The summed E-state index contributed by atoms with van der Waals surface area (Å²) < 4.78 is 22.4. The second-order valence-corrected chi connectivity index (χ2v) is 5.83. The van der Waals surface area contributed by atoms with E-state index in [0.29, 0.717) is 0 Å². The topological polar surface area (TPSA) is 131 Å². The SMILES string of the molecule is O=c1ccn(CC2COC(CP(=O)(O)O)O2)c(=O)[nH]1.[Na]. The van der Waals surface area contributed by atoms with Crippen LogP contribution in [-0.4, -0.2) is 74.1 Å². The molecule has 2 heterocycles. The van der Waals surface area contributed by atoms with Crippen molar-refractivity contribution in [1.82, 2.24) is 9.55 Å². The summed E-state index contributed by atoms with van der Waals surface area (Å²) in [6.07, 6.45) is -0.686. The van der Waals surface area contributed by atoms with Crippen molar-refractivity contribution in [3.05, 3.63) is 33.1 Å². The van der Waals surface area contributed by atoms with Gasteiger partial charge in [0.25, 0.3) is 5.56 Å². The van der Waals surface area contributed by atoms with Crippen molar-refractivity contribution in [3.8, 4) is 0 Å². The van der Waals surface area contributed by atoms with E-state index in [1.807, 2.05) is 0 Å². The molecule has 1 fully saturated rings. The fraction of sp³-hybridized carbons (Fsp3) is 0.556. The standard InChI is InChI=1S/C9H13N2O7P.Na/c12-7-1-2-11(9(13)10-7)3-6-4-17-8(18-6)5-19(14,15)16;/h1-2,6,8H,3-5H2,(H,10,12,13)(H2,14,15,16);. The van der Waals surface area contributed by atoms with Crippen molar-refractivity contribution in [2.24, 2.45) is 0 Å². The Morgan fingerprint density at radius 2 is 2.15 bits per heavy atom. The summed E-state index contributed by atoms with van der Waals surface area (Å²) in [5.41, 5.74) is -1.07. The minimum atomic E-state index is -4.21. The zero-order valence-electron chi connectivity index (χ0n) is 10.8. The summed E-state index contributed by atoms with van der Waals surface area (Å²) in [4.78, 5) is 42.0. The van der Waals surface area contributed by atoms with Crippen molar-refractivity contribution in [2.75, 3.05) is 12.8 Å². The minimum Gasteiger partial charge on any atom is -0.349 e. The van der Waals surface area contributed by atoms with E-state index in [2.05, 4.69) is 4.98 Å². The molecule has 0 saturated carbocycles. The number of H-pyrrole nitrogens is 1. The number of nitrogens with zero attached hydrogens (tertiary/aromatic N) is 1. The van der Waals surface area contributed by atoms with Gasteiger partial charge < -0.3 is 19.3 Å². The molecule has 20 heavy (non-hydrogen) atoms. The Morgan fingerprint density at radius 3 is 2.75 bits per heavy atom. The summed E-state index contributed by atoms with van der Waals surface area (Å²) in [6, 6.07) is 1.20. The van der Waals surface area contributed by atoms with Crippen molar-refractivity contribution < 1.29 is 23.8 Å². The third-order valence-electron chi connectivity index (χ3n) is 2.50. The molecule has 1 radical (unpaired) electrons. The molecule has 0 amide bonds. The first kappa shape index (κ1) is 17.8. The largest absolute Gasteiger partial charge is 0.349 e. The summed E-state index contributed by atoms with van der Waals surface area (Å²) >= 11 is 0. The third-order valence-corrected chi connectivity index (χ3v) is 3.27. The Kier molecular flexibility index (Phi) is 6.36. The maximum Gasteiger partial charge on any atom is 0.330 e. The monoisotopic (exact) mass is 315 g/mol. The second kappa shape index (κ2) is 7.15. The molecule has 2 atom stereocenters. The molecule has 0 spiro atoms. The van der Waals surface area contributed by atoms with Crippen LogP contribution >= 0.6 is 7.60 Å². The number of ether oxygens (including phenoxy) is 2. The van der Waals surface area contributed by atoms with Crippen LogP contribution in [0.5, 0.6) is 0 Å². The number of rotatable bonds is 4. The second-order valence-electron chi connectivity index (χ2n) is 4.13. The predicted molar refractivity (Wildman–Crippen MR) is 68.6 cm³/mol. The fourth-order valence-corrected chi connectivity index (χ4v) is 2.28. The molecule has 9 nitrogen and oxygen atoms in total. The van der Waals surface area contributed by atoms with Gasteiger partial charge in [-0.3, -0.25) is 18.9 Å². The normalized spacial score (nSPS) is 22.5. The molecule has 1 aliphatic rings. The van der Waals surface area contributed by atoms with E-state index in [1.165, 1.54) is 16.8 Å². The fourth-order valence-electron chi connectivity index (χ4n) is 1.70. The van der Waals surface area contributed by atoms with Gasteiger partial charge in [-0.25, -0.2) is 4.79 Å². The molecular weight excluding hydrogens is 302 g/mol. The predicted octanol–water partition coefficient (Wildman–Crippen LogP) is -1.92. The molecule has 2 unspecified atom stereocenters. The van der Waals surface area contributed by atoms with Crippen LogP contribution in [0.25, 0.3) is 0 Å². The Bertz CT molecular complexity index is 609. The maximum atomic E-state index is 11.4. The van der Waals surface area contributed by atoms with Crippen molar-refractivity contribution in [2.45, 2.75) is 18.9 Å². The van der Waals surface area contributed by atoms with Gasteiger partial charge in [-0.05, 0) is 0 Å². The van der Waals surface area contributed by atoms with Gasteiger partial charge in [-0.2, -0.15) is 0 Å². The van der Waals surface area contributed by atoms with Crippen LogP contribution < -0.4 is 11.2 Å². The van der Waals surface area contributed by atoms with E-state index < -0.39 is 37.4 Å². The molecular formula is C9H13N2NaO7P. The molecule has 0 aromatic carbocycles. The molecule has 0 aliphatic carbocycles. The Balaban J connectivity index is 0.00000200. The minimum absolute atomic E-state index is 0. The van der Waals surface area contributed by atoms with Gasteiger partial charge in [-0.15, -0.1) is 0 Å². The van der Waals surface area contributed by atoms with E-state index >= 15 is 0 Å².